The molecule has 0 aromatic heterocycles. The van der Waals surface area contributed by atoms with Gasteiger partial charge in [-0.25, -0.2) is 0 Å². The number of esters is 2. The molecule has 0 fully saturated rings. The van der Waals surface area contributed by atoms with Gasteiger partial charge in [-0.3, -0.25) is 9.59 Å². The van der Waals surface area contributed by atoms with E-state index in [9.17, 15) is 9.59 Å². The minimum atomic E-state index is -0.458. The summed E-state index contributed by atoms with van der Waals surface area (Å²) in [5.74, 6) is -0.809. The Labute approximate surface area is 108 Å². The summed E-state index contributed by atoms with van der Waals surface area (Å²) in [6.45, 7) is 7.23. The molecule has 0 saturated carbocycles. The average Bonchev–Trinajstić information content (AvgIpc) is 2.14. The molecule has 1 unspecified atom stereocenters. The van der Waals surface area contributed by atoms with E-state index < -0.39 is 5.60 Å². The molecule has 4 nitrogen and oxygen atoms in total. The predicted octanol–water partition coefficient (Wildman–Crippen LogP) is 2.87. The summed E-state index contributed by atoms with van der Waals surface area (Å²) in [5, 5.41) is 0. The van der Waals surface area contributed by atoms with E-state index in [1.54, 1.807) is 6.92 Å². The third-order valence-electron chi connectivity index (χ3n) is 2.04. The second-order valence-electron chi connectivity index (χ2n) is 4.95. The Balaban J connectivity index is 3.77. The summed E-state index contributed by atoms with van der Waals surface area (Å²) < 4.78 is 9.80. The molecule has 0 spiro atoms. The summed E-state index contributed by atoms with van der Waals surface area (Å²) in [6, 6.07) is -0.130. The predicted molar refractivity (Wildman–Crippen MR) is 65.7 cm³/mol. The number of rotatable bonds is 6. The molecule has 0 amide bonds. The molecule has 0 N–H and O–H groups in total. The lowest BCUT2D eigenvalue weighted by Gasteiger charge is -2.19. The topological polar surface area (TPSA) is 52.6 Å². The van der Waals surface area contributed by atoms with Crippen LogP contribution in [0.1, 0.15) is 47.0 Å². The van der Waals surface area contributed by atoms with Gasteiger partial charge in [0, 0.05) is 6.42 Å². The first-order chi connectivity index (χ1) is 7.76. The lowest BCUT2D eigenvalue weighted by molar-refractivity contribution is -0.155. The van der Waals surface area contributed by atoms with Crippen LogP contribution >= 0.6 is 11.6 Å². The fourth-order valence-corrected chi connectivity index (χ4v) is 1.37. The van der Waals surface area contributed by atoms with Gasteiger partial charge in [-0.15, -0.1) is 0 Å². The van der Waals surface area contributed by atoms with Crippen molar-refractivity contribution < 1.29 is 19.1 Å². The number of hydrogen-bond acceptors (Lipinski definition) is 4. The van der Waals surface area contributed by atoms with E-state index in [-0.39, 0.29) is 23.9 Å². The molecule has 0 aromatic carbocycles. The zero-order valence-corrected chi connectivity index (χ0v) is 11.7. The quantitative estimate of drug-likeness (QED) is 0.547. The van der Waals surface area contributed by atoms with Crippen LogP contribution in [0.3, 0.4) is 0 Å². The van der Waals surface area contributed by atoms with Gasteiger partial charge in [0.1, 0.15) is 5.60 Å². The SMILES string of the molecule is CC(CCCC(=O)OC(C)(C)C)C(=O)OCCl. The smallest absolute Gasteiger partial charge is 0.309 e. The van der Waals surface area contributed by atoms with Gasteiger partial charge in [0.25, 0.3) is 0 Å². The number of carbonyl (C=O) groups is 2. The Hall–Kier alpha value is -0.770. The molecular weight excluding hydrogens is 244 g/mol. The highest BCUT2D eigenvalue weighted by Gasteiger charge is 2.18. The van der Waals surface area contributed by atoms with Crippen LogP contribution in [0, 0.1) is 5.92 Å². The van der Waals surface area contributed by atoms with Gasteiger partial charge >= 0.3 is 11.9 Å². The molecule has 0 aliphatic heterocycles. The molecule has 0 bridgehead atoms. The van der Waals surface area contributed by atoms with Crippen molar-refractivity contribution in [3.8, 4) is 0 Å². The summed E-state index contributed by atoms with van der Waals surface area (Å²) in [5.41, 5.74) is -0.458. The van der Waals surface area contributed by atoms with Crippen LogP contribution in [-0.2, 0) is 19.1 Å². The minimum absolute atomic E-state index is 0.130. The highest BCUT2D eigenvalue weighted by Crippen LogP contribution is 2.13. The summed E-state index contributed by atoms with van der Waals surface area (Å²) in [7, 11) is 0. The Bertz CT molecular complexity index is 258. The second-order valence-corrected chi connectivity index (χ2v) is 5.17. The first-order valence-electron chi connectivity index (χ1n) is 5.70. The Morgan fingerprint density at radius 1 is 1.29 bits per heavy atom. The van der Waals surface area contributed by atoms with Gasteiger partial charge in [-0.2, -0.15) is 0 Å². The van der Waals surface area contributed by atoms with E-state index in [1.807, 2.05) is 20.8 Å². The van der Waals surface area contributed by atoms with Crippen LogP contribution in [0.15, 0.2) is 0 Å². The second kappa shape index (κ2) is 7.54. The number of ether oxygens (including phenoxy) is 2. The minimum Gasteiger partial charge on any atom is -0.460 e. The van der Waals surface area contributed by atoms with E-state index in [2.05, 4.69) is 4.74 Å². The lowest BCUT2D eigenvalue weighted by atomic mass is 10.0. The van der Waals surface area contributed by atoms with Gasteiger partial charge in [-0.05, 0) is 33.6 Å². The standard InChI is InChI=1S/C12H21ClO4/c1-9(11(15)16-8-13)6-5-7-10(14)17-12(2,3)4/h9H,5-8H2,1-4H3. The maximum atomic E-state index is 11.4. The van der Waals surface area contributed by atoms with Crippen LogP contribution in [0.25, 0.3) is 0 Å². The van der Waals surface area contributed by atoms with Crippen molar-refractivity contribution in [2.75, 3.05) is 6.07 Å². The Morgan fingerprint density at radius 2 is 1.88 bits per heavy atom. The van der Waals surface area contributed by atoms with Crippen molar-refractivity contribution in [2.24, 2.45) is 5.92 Å². The van der Waals surface area contributed by atoms with E-state index in [0.717, 1.165) is 0 Å². The third kappa shape index (κ3) is 8.98. The molecule has 0 aliphatic carbocycles. The summed E-state index contributed by atoms with van der Waals surface area (Å²) >= 11 is 5.28. The van der Waals surface area contributed by atoms with Gasteiger partial charge < -0.3 is 9.47 Å². The Kier molecular flexibility index (Phi) is 7.19. The largest absolute Gasteiger partial charge is 0.460 e. The van der Waals surface area contributed by atoms with Crippen LogP contribution in [0.4, 0.5) is 0 Å². The maximum absolute atomic E-state index is 11.4. The highest BCUT2D eigenvalue weighted by molar-refractivity contribution is 6.17. The van der Waals surface area contributed by atoms with E-state index in [0.29, 0.717) is 19.3 Å². The van der Waals surface area contributed by atoms with Crippen molar-refractivity contribution in [1.82, 2.24) is 0 Å². The molecule has 0 heterocycles. The van der Waals surface area contributed by atoms with Crippen molar-refractivity contribution in [3.63, 3.8) is 0 Å². The van der Waals surface area contributed by atoms with Crippen molar-refractivity contribution >= 4 is 23.5 Å². The van der Waals surface area contributed by atoms with Crippen molar-refractivity contribution in [1.29, 1.82) is 0 Å². The molecule has 0 radical (unpaired) electrons. The summed E-state index contributed by atoms with van der Waals surface area (Å²) in [4.78, 5) is 22.6. The number of halogens is 1. The molecule has 5 heteroatoms. The number of carbonyl (C=O) groups excluding carboxylic acids is 2. The fraction of sp³-hybridized carbons (Fsp3) is 0.833. The zero-order chi connectivity index (χ0) is 13.5. The van der Waals surface area contributed by atoms with Crippen LogP contribution in [-0.4, -0.2) is 23.6 Å². The van der Waals surface area contributed by atoms with Gasteiger partial charge in [0.15, 0.2) is 6.07 Å². The third-order valence-corrected chi connectivity index (χ3v) is 2.15. The highest BCUT2D eigenvalue weighted by atomic mass is 35.5. The number of hydrogen-bond donors (Lipinski definition) is 0. The summed E-state index contributed by atoms with van der Waals surface area (Å²) in [6.07, 6.45) is 1.51. The van der Waals surface area contributed by atoms with Crippen molar-refractivity contribution in [3.05, 3.63) is 0 Å². The molecular formula is C12H21ClO4. The van der Waals surface area contributed by atoms with Gasteiger partial charge in [-0.1, -0.05) is 18.5 Å². The van der Waals surface area contributed by atoms with Gasteiger partial charge in [0.2, 0.25) is 0 Å². The van der Waals surface area contributed by atoms with E-state index in [1.165, 1.54) is 0 Å². The van der Waals surface area contributed by atoms with E-state index in [4.69, 9.17) is 16.3 Å². The molecule has 0 saturated heterocycles. The molecule has 0 rings (SSSR count). The lowest BCUT2D eigenvalue weighted by Crippen LogP contribution is -2.24. The normalized spacial score (nSPS) is 13.0. The molecule has 0 aromatic rings. The maximum Gasteiger partial charge on any atom is 0.309 e. The number of alkyl halides is 1. The fourth-order valence-electron chi connectivity index (χ4n) is 1.26. The van der Waals surface area contributed by atoms with Crippen LogP contribution in [0.2, 0.25) is 0 Å². The molecule has 100 valence electrons. The van der Waals surface area contributed by atoms with Crippen molar-refractivity contribution in [2.45, 2.75) is 52.6 Å². The van der Waals surface area contributed by atoms with Crippen LogP contribution in [0.5, 0.6) is 0 Å². The molecule has 0 aliphatic rings. The first kappa shape index (κ1) is 16.2. The first-order valence-corrected chi connectivity index (χ1v) is 6.24. The monoisotopic (exact) mass is 264 g/mol. The zero-order valence-electron chi connectivity index (χ0n) is 10.9. The average molecular weight is 265 g/mol. The van der Waals surface area contributed by atoms with Gasteiger partial charge in [0.05, 0.1) is 5.92 Å². The Morgan fingerprint density at radius 3 is 2.35 bits per heavy atom. The molecule has 17 heavy (non-hydrogen) atoms. The van der Waals surface area contributed by atoms with Crippen LogP contribution < -0.4 is 0 Å². The van der Waals surface area contributed by atoms with E-state index >= 15 is 0 Å². The molecule has 1 atom stereocenters.